The smallest absolute Gasteiger partial charge is 0.305 e. The monoisotopic (exact) mass is 398 g/mol. The van der Waals surface area contributed by atoms with Crippen molar-refractivity contribution in [2.75, 3.05) is 7.11 Å². The molecule has 1 atom stereocenters. The molecule has 8 heteroatoms. The highest BCUT2D eigenvalue weighted by molar-refractivity contribution is 5.93. The molecular formula is C21H19FN2O5. The lowest BCUT2D eigenvalue weighted by Crippen LogP contribution is -2.31. The number of hydrogen-bond acceptors (Lipinski definition) is 5. The maximum Gasteiger partial charge on any atom is 0.305 e. The molecule has 29 heavy (non-hydrogen) atoms. The maximum absolute atomic E-state index is 14.1. The Bertz CT molecular complexity index is 1050. The number of carboxylic acids is 1. The SMILES string of the molecule is COc1ccc(C(=O)NC(CC(=O)O)c2ccccc2F)nc1-c1ccc(C)o1. The number of amides is 1. The Hall–Kier alpha value is -3.68. The van der Waals surface area contributed by atoms with Gasteiger partial charge in [-0.15, -0.1) is 0 Å². The van der Waals surface area contributed by atoms with Crippen LogP contribution in [0.2, 0.25) is 0 Å². The van der Waals surface area contributed by atoms with Gasteiger partial charge in [-0.1, -0.05) is 18.2 Å². The van der Waals surface area contributed by atoms with Crippen molar-refractivity contribution >= 4 is 11.9 Å². The van der Waals surface area contributed by atoms with E-state index in [4.69, 9.17) is 14.3 Å². The Morgan fingerprint density at radius 3 is 2.59 bits per heavy atom. The molecule has 1 aromatic carbocycles. The van der Waals surface area contributed by atoms with E-state index in [2.05, 4.69) is 10.3 Å². The van der Waals surface area contributed by atoms with Crippen molar-refractivity contribution in [2.45, 2.75) is 19.4 Å². The van der Waals surface area contributed by atoms with E-state index in [0.717, 1.165) is 0 Å². The zero-order valence-electron chi connectivity index (χ0n) is 15.8. The number of halogens is 1. The topological polar surface area (TPSA) is 102 Å². The molecule has 2 aromatic heterocycles. The van der Waals surface area contributed by atoms with Crippen LogP contribution in [0, 0.1) is 12.7 Å². The molecule has 2 heterocycles. The lowest BCUT2D eigenvalue weighted by molar-refractivity contribution is -0.137. The number of nitrogens with zero attached hydrogens (tertiary/aromatic N) is 1. The molecule has 3 rings (SSSR count). The van der Waals surface area contributed by atoms with E-state index < -0.39 is 30.2 Å². The summed E-state index contributed by atoms with van der Waals surface area (Å²) < 4.78 is 25.0. The molecule has 0 aliphatic rings. The van der Waals surface area contributed by atoms with Crippen molar-refractivity contribution in [2.24, 2.45) is 0 Å². The number of carbonyl (C=O) groups is 2. The molecule has 7 nitrogen and oxygen atoms in total. The second-order valence-corrected chi connectivity index (χ2v) is 6.30. The Morgan fingerprint density at radius 1 is 1.21 bits per heavy atom. The summed E-state index contributed by atoms with van der Waals surface area (Å²) in [6.07, 6.45) is -0.479. The van der Waals surface area contributed by atoms with Gasteiger partial charge in [0.2, 0.25) is 0 Å². The minimum Gasteiger partial charge on any atom is -0.494 e. The number of nitrogens with one attached hydrogen (secondary N) is 1. The van der Waals surface area contributed by atoms with E-state index in [1.807, 2.05) is 0 Å². The second-order valence-electron chi connectivity index (χ2n) is 6.30. The first-order chi connectivity index (χ1) is 13.9. The lowest BCUT2D eigenvalue weighted by atomic mass is 10.0. The van der Waals surface area contributed by atoms with E-state index in [1.165, 1.54) is 31.4 Å². The highest BCUT2D eigenvalue weighted by atomic mass is 19.1. The Balaban J connectivity index is 1.92. The van der Waals surface area contributed by atoms with Gasteiger partial charge in [0.1, 0.15) is 28.7 Å². The zero-order chi connectivity index (χ0) is 21.0. The number of aliphatic carboxylic acids is 1. The Labute approximate surface area is 166 Å². The standard InChI is InChI=1S/C21H19FN2O5/c1-12-7-9-18(29-12)20-17(28-2)10-8-15(23-20)21(27)24-16(11-19(25)26)13-5-3-4-6-14(13)22/h3-10,16H,11H2,1-2H3,(H,24,27)(H,25,26). The molecule has 0 bridgehead atoms. The summed E-state index contributed by atoms with van der Waals surface area (Å²) >= 11 is 0. The summed E-state index contributed by atoms with van der Waals surface area (Å²) in [5.74, 6) is -0.926. The number of aromatic nitrogens is 1. The molecule has 3 aromatic rings. The normalized spacial score (nSPS) is 11.7. The summed E-state index contributed by atoms with van der Waals surface area (Å²) in [7, 11) is 1.47. The summed E-state index contributed by atoms with van der Waals surface area (Å²) in [5, 5.41) is 11.7. The number of carboxylic acid groups (broad SMARTS) is 1. The quantitative estimate of drug-likeness (QED) is 0.629. The molecule has 0 radical (unpaired) electrons. The maximum atomic E-state index is 14.1. The van der Waals surface area contributed by atoms with Crippen molar-refractivity contribution < 1.29 is 28.2 Å². The molecule has 0 saturated carbocycles. The third kappa shape index (κ3) is 4.60. The van der Waals surface area contributed by atoms with Gasteiger partial charge in [0.15, 0.2) is 5.76 Å². The van der Waals surface area contributed by atoms with E-state index in [1.54, 1.807) is 31.2 Å². The van der Waals surface area contributed by atoms with Crippen molar-refractivity contribution in [3.8, 4) is 17.2 Å². The molecule has 0 spiro atoms. The molecule has 0 fully saturated rings. The van der Waals surface area contributed by atoms with Crippen molar-refractivity contribution in [1.29, 1.82) is 0 Å². The minimum atomic E-state index is -1.17. The predicted octanol–water partition coefficient (Wildman–Crippen LogP) is 3.74. The number of benzene rings is 1. The van der Waals surface area contributed by atoms with Crippen LogP contribution in [-0.4, -0.2) is 29.1 Å². The number of carbonyl (C=O) groups excluding carboxylic acids is 1. The fraction of sp³-hybridized carbons (Fsp3) is 0.190. The van der Waals surface area contributed by atoms with Crippen LogP contribution in [0.5, 0.6) is 5.75 Å². The summed E-state index contributed by atoms with van der Waals surface area (Å²) in [4.78, 5) is 28.3. The van der Waals surface area contributed by atoms with Crippen LogP contribution in [0.3, 0.4) is 0 Å². The number of ether oxygens (including phenoxy) is 1. The molecule has 1 amide bonds. The highest BCUT2D eigenvalue weighted by Gasteiger charge is 2.23. The first-order valence-electron chi connectivity index (χ1n) is 8.78. The van der Waals surface area contributed by atoms with Gasteiger partial charge in [-0.2, -0.15) is 0 Å². The number of rotatable bonds is 7. The fourth-order valence-corrected chi connectivity index (χ4v) is 2.88. The lowest BCUT2D eigenvalue weighted by Gasteiger charge is -2.18. The summed E-state index contributed by atoms with van der Waals surface area (Å²) in [5.41, 5.74) is 0.425. The van der Waals surface area contributed by atoms with Gasteiger partial charge in [-0.05, 0) is 37.3 Å². The fourth-order valence-electron chi connectivity index (χ4n) is 2.88. The van der Waals surface area contributed by atoms with Crippen LogP contribution in [0.1, 0.15) is 34.3 Å². The van der Waals surface area contributed by atoms with Gasteiger partial charge >= 0.3 is 5.97 Å². The second kappa shape index (κ2) is 8.55. The third-order valence-electron chi connectivity index (χ3n) is 4.25. The Kier molecular flexibility index (Phi) is 5.92. The molecule has 0 saturated heterocycles. The molecule has 150 valence electrons. The van der Waals surface area contributed by atoms with Gasteiger partial charge in [0.25, 0.3) is 5.91 Å². The number of hydrogen-bond donors (Lipinski definition) is 2. The van der Waals surface area contributed by atoms with Crippen LogP contribution in [0.15, 0.2) is 52.9 Å². The predicted molar refractivity (Wildman–Crippen MR) is 102 cm³/mol. The van der Waals surface area contributed by atoms with Gasteiger partial charge in [-0.3, -0.25) is 9.59 Å². The number of methoxy groups -OCH3 is 1. The highest BCUT2D eigenvalue weighted by Crippen LogP contribution is 2.30. The molecular weight excluding hydrogens is 379 g/mol. The first kappa shape index (κ1) is 20.1. The molecule has 0 aliphatic heterocycles. The van der Waals surface area contributed by atoms with Crippen molar-refractivity contribution in [1.82, 2.24) is 10.3 Å². The number of aryl methyl sites for hydroxylation is 1. The molecule has 2 N–H and O–H groups in total. The average molecular weight is 398 g/mol. The van der Waals surface area contributed by atoms with E-state index >= 15 is 0 Å². The molecule has 1 unspecified atom stereocenters. The van der Waals surface area contributed by atoms with Crippen LogP contribution in [0.4, 0.5) is 4.39 Å². The minimum absolute atomic E-state index is 0.0154. The van der Waals surface area contributed by atoms with Crippen molar-refractivity contribution in [3.63, 3.8) is 0 Å². The van der Waals surface area contributed by atoms with Crippen LogP contribution in [0.25, 0.3) is 11.5 Å². The van der Waals surface area contributed by atoms with Gasteiger partial charge in [0.05, 0.1) is 19.6 Å². The van der Waals surface area contributed by atoms with Gasteiger partial charge in [0, 0.05) is 5.56 Å². The van der Waals surface area contributed by atoms with E-state index in [0.29, 0.717) is 23.0 Å². The number of pyridine rings is 1. The van der Waals surface area contributed by atoms with E-state index in [-0.39, 0.29) is 11.3 Å². The first-order valence-corrected chi connectivity index (χ1v) is 8.78. The Morgan fingerprint density at radius 2 is 1.97 bits per heavy atom. The van der Waals surface area contributed by atoms with E-state index in [9.17, 15) is 14.0 Å². The van der Waals surface area contributed by atoms with Gasteiger partial charge in [-0.25, -0.2) is 9.37 Å². The summed E-state index contributed by atoms with van der Waals surface area (Å²) in [6.45, 7) is 1.78. The average Bonchev–Trinajstić information content (AvgIpc) is 3.13. The largest absolute Gasteiger partial charge is 0.494 e. The van der Waals surface area contributed by atoms with Crippen molar-refractivity contribution in [3.05, 3.63) is 71.4 Å². The third-order valence-corrected chi connectivity index (χ3v) is 4.25. The molecule has 0 aliphatic carbocycles. The van der Waals surface area contributed by atoms with Crippen LogP contribution in [-0.2, 0) is 4.79 Å². The van der Waals surface area contributed by atoms with Crippen LogP contribution < -0.4 is 10.1 Å². The van der Waals surface area contributed by atoms with Crippen LogP contribution >= 0.6 is 0 Å². The summed E-state index contributed by atoms with van der Waals surface area (Å²) in [6, 6.07) is 11.1. The number of furan rings is 1. The zero-order valence-corrected chi connectivity index (χ0v) is 15.8. The van der Waals surface area contributed by atoms with Gasteiger partial charge < -0.3 is 19.6 Å².